The summed E-state index contributed by atoms with van der Waals surface area (Å²) in [5.41, 5.74) is -4.36. The fourth-order valence-corrected chi connectivity index (χ4v) is 1.35. The molecule has 0 fully saturated rings. The number of pyridine rings is 1. The van der Waals surface area contributed by atoms with Gasteiger partial charge in [0.1, 0.15) is 6.07 Å². The lowest BCUT2D eigenvalue weighted by Gasteiger charge is -2.13. The highest BCUT2D eigenvalue weighted by molar-refractivity contribution is 5.47. The second kappa shape index (κ2) is 4.96. The van der Waals surface area contributed by atoms with E-state index in [0.717, 1.165) is 6.07 Å². The standard InChI is InChI=1S/C10H4F5N3/c11-9(12)8-5(3-17)6(10(13,14)15)4-18-7(8)1-2-16/h4,9H,1H2. The van der Waals surface area contributed by atoms with E-state index < -0.39 is 41.4 Å². The van der Waals surface area contributed by atoms with Crippen LogP contribution < -0.4 is 0 Å². The van der Waals surface area contributed by atoms with Crippen molar-refractivity contribution >= 4 is 0 Å². The van der Waals surface area contributed by atoms with Crippen molar-refractivity contribution in [2.24, 2.45) is 0 Å². The summed E-state index contributed by atoms with van der Waals surface area (Å²) >= 11 is 0. The Labute approximate surface area is 98.1 Å². The fourth-order valence-electron chi connectivity index (χ4n) is 1.35. The molecule has 94 valence electrons. The summed E-state index contributed by atoms with van der Waals surface area (Å²) < 4.78 is 62.9. The van der Waals surface area contributed by atoms with Crippen LogP contribution in [0.5, 0.6) is 0 Å². The third kappa shape index (κ3) is 2.54. The smallest absolute Gasteiger partial charge is 0.259 e. The molecule has 0 atom stereocenters. The average molecular weight is 261 g/mol. The first-order valence-corrected chi connectivity index (χ1v) is 4.47. The van der Waals surface area contributed by atoms with Crippen molar-refractivity contribution in [1.29, 1.82) is 10.5 Å². The van der Waals surface area contributed by atoms with Gasteiger partial charge in [0.15, 0.2) is 0 Å². The highest BCUT2D eigenvalue weighted by atomic mass is 19.4. The number of aromatic nitrogens is 1. The Morgan fingerprint density at radius 2 is 1.89 bits per heavy atom. The molecule has 0 saturated heterocycles. The van der Waals surface area contributed by atoms with E-state index in [1.807, 2.05) is 0 Å². The molecule has 0 unspecified atom stereocenters. The minimum absolute atomic E-state index is 0.289. The Morgan fingerprint density at radius 1 is 1.28 bits per heavy atom. The summed E-state index contributed by atoms with van der Waals surface area (Å²) in [6.07, 6.45) is -8.56. The Hall–Kier alpha value is -2.22. The van der Waals surface area contributed by atoms with E-state index in [4.69, 9.17) is 10.5 Å². The van der Waals surface area contributed by atoms with Gasteiger partial charge in [-0.1, -0.05) is 0 Å². The predicted octanol–water partition coefficient (Wildman–Crippen LogP) is 2.98. The Kier molecular flexibility index (Phi) is 3.82. The number of halogens is 5. The Morgan fingerprint density at radius 3 is 2.28 bits per heavy atom. The van der Waals surface area contributed by atoms with Gasteiger partial charge in [-0.05, 0) is 0 Å². The van der Waals surface area contributed by atoms with Crippen molar-refractivity contribution in [3.05, 3.63) is 28.6 Å². The number of nitrogens with zero attached hydrogens (tertiary/aromatic N) is 3. The van der Waals surface area contributed by atoms with Gasteiger partial charge in [-0.3, -0.25) is 4.98 Å². The molecule has 0 spiro atoms. The van der Waals surface area contributed by atoms with Crippen molar-refractivity contribution in [2.75, 3.05) is 0 Å². The van der Waals surface area contributed by atoms with Crippen LogP contribution in [0.3, 0.4) is 0 Å². The minimum Gasteiger partial charge on any atom is -0.259 e. The molecule has 0 aliphatic carbocycles. The second-order valence-electron chi connectivity index (χ2n) is 3.15. The summed E-state index contributed by atoms with van der Waals surface area (Å²) in [5.74, 6) is 0. The van der Waals surface area contributed by atoms with E-state index in [2.05, 4.69) is 4.98 Å². The third-order valence-electron chi connectivity index (χ3n) is 2.08. The van der Waals surface area contributed by atoms with Crippen LogP contribution in [0, 0.1) is 22.7 Å². The molecule has 1 aromatic heterocycles. The number of hydrogen-bond acceptors (Lipinski definition) is 3. The average Bonchev–Trinajstić information content (AvgIpc) is 2.26. The highest BCUT2D eigenvalue weighted by Gasteiger charge is 2.37. The van der Waals surface area contributed by atoms with Gasteiger partial charge in [0, 0.05) is 6.20 Å². The molecule has 3 nitrogen and oxygen atoms in total. The first-order chi connectivity index (χ1) is 8.32. The molecule has 0 aliphatic heterocycles. The molecule has 0 amide bonds. The van der Waals surface area contributed by atoms with Crippen LogP contribution in [0.2, 0.25) is 0 Å². The fraction of sp³-hybridized carbons (Fsp3) is 0.300. The molecule has 1 rings (SSSR count). The maximum absolute atomic E-state index is 12.7. The zero-order valence-corrected chi connectivity index (χ0v) is 8.59. The van der Waals surface area contributed by atoms with Gasteiger partial charge in [-0.15, -0.1) is 0 Å². The monoisotopic (exact) mass is 261 g/mol. The van der Waals surface area contributed by atoms with E-state index >= 15 is 0 Å². The van der Waals surface area contributed by atoms with E-state index in [9.17, 15) is 22.0 Å². The van der Waals surface area contributed by atoms with Crippen LogP contribution in [-0.2, 0) is 12.6 Å². The van der Waals surface area contributed by atoms with Crippen molar-refractivity contribution in [3.8, 4) is 12.1 Å². The van der Waals surface area contributed by atoms with Crippen LogP contribution in [0.25, 0.3) is 0 Å². The topological polar surface area (TPSA) is 60.5 Å². The normalized spacial score (nSPS) is 11.1. The first kappa shape index (κ1) is 13.8. The van der Waals surface area contributed by atoms with Gasteiger partial charge < -0.3 is 0 Å². The molecule has 0 aromatic carbocycles. The van der Waals surface area contributed by atoms with Crippen molar-refractivity contribution < 1.29 is 22.0 Å². The number of hydrogen-bond donors (Lipinski definition) is 0. The number of alkyl halides is 5. The summed E-state index contributed by atoms with van der Waals surface area (Å²) in [7, 11) is 0. The maximum atomic E-state index is 12.7. The lowest BCUT2D eigenvalue weighted by molar-refractivity contribution is -0.138. The number of nitriles is 2. The zero-order valence-electron chi connectivity index (χ0n) is 8.59. The predicted molar refractivity (Wildman–Crippen MR) is 48.2 cm³/mol. The number of rotatable bonds is 2. The minimum atomic E-state index is -4.95. The summed E-state index contributed by atoms with van der Waals surface area (Å²) in [5, 5.41) is 17.0. The van der Waals surface area contributed by atoms with Crippen LogP contribution in [0.15, 0.2) is 6.20 Å². The third-order valence-corrected chi connectivity index (χ3v) is 2.08. The lowest BCUT2D eigenvalue weighted by atomic mass is 10.0. The van der Waals surface area contributed by atoms with Gasteiger partial charge in [-0.25, -0.2) is 8.78 Å². The van der Waals surface area contributed by atoms with Crippen molar-refractivity contribution in [3.63, 3.8) is 0 Å². The molecule has 0 bridgehead atoms. The molecule has 0 radical (unpaired) electrons. The molecule has 1 heterocycles. The first-order valence-electron chi connectivity index (χ1n) is 4.47. The Balaban J connectivity index is 3.61. The summed E-state index contributed by atoms with van der Waals surface area (Å²) in [6, 6.07) is 2.60. The Bertz CT molecular complexity index is 536. The van der Waals surface area contributed by atoms with Gasteiger partial charge in [0.25, 0.3) is 6.43 Å². The van der Waals surface area contributed by atoms with Gasteiger partial charge >= 0.3 is 6.18 Å². The van der Waals surface area contributed by atoms with Gasteiger partial charge in [0.05, 0.1) is 34.9 Å². The largest absolute Gasteiger partial charge is 0.419 e. The zero-order chi connectivity index (χ0) is 13.9. The van der Waals surface area contributed by atoms with Gasteiger partial charge in [0.2, 0.25) is 0 Å². The summed E-state index contributed by atoms with van der Waals surface area (Å²) in [6.45, 7) is 0. The molecule has 0 N–H and O–H groups in total. The van der Waals surface area contributed by atoms with Gasteiger partial charge in [-0.2, -0.15) is 23.7 Å². The molecule has 8 heteroatoms. The van der Waals surface area contributed by atoms with E-state index in [-0.39, 0.29) is 6.20 Å². The quantitative estimate of drug-likeness (QED) is 0.769. The van der Waals surface area contributed by atoms with Crippen LogP contribution in [0.1, 0.15) is 28.8 Å². The molecular formula is C10H4F5N3. The molecule has 1 aromatic rings. The lowest BCUT2D eigenvalue weighted by Crippen LogP contribution is -2.13. The van der Waals surface area contributed by atoms with Crippen LogP contribution in [0.4, 0.5) is 22.0 Å². The molecule has 18 heavy (non-hydrogen) atoms. The SMILES string of the molecule is N#CCc1ncc(C(F)(F)F)c(C#N)c1C(F)F. The molecule has 0 saturated carbocycles. The van der Waals surface area contributed by atoms with Crippen LogP contribution in [-0.4, -0.2) is 4.98 Å². The van der Waals surface area contributed by atoms with E-state index in [1.54, 1.807) is 0 Å². The second-order valence-corrected chi connectivity index (χ2v) is 3.15. The molecular weight excluding hydrogens is 257 g/mol. The van der Waals surface area contributed by atoms with E-state index in [0.29, 0.717) is 0 Å². The van der Waals surface area contributed by atoms with Crippen molar-refractivity contribution in [2.45, 2.75) is 19.0 Å². The highest BCUT2D eigenvalue weighted by Crippen LogP contribution is 2.36. The van der Waals surface area contributed by atoms with E-state index in [1.165, 1.54) is 6.07 Å². The van der Waals surface area contributed by atoms with Crippen molar-refractivity contribution in [1.82, 2.24) is 4.98 Å². The maximum Gasteiger partial charge on any atom is 0.419 e. The van der Waals surface area contributed by atoms with Crippen LogP contribution >= 0.6 is 0 Å². The molecule has 0 aliphatic rings. The summed E-state index contributed by atoms with van der Waals surface area (Å²) in [4.78, 5) is 3.19.